The topological polar surface area (TPSA) is 55.1 Å². The van der Waals surface area contributed by atoms with Crippen LogP contribution in [0.4, 0.5) is 0 Å². The molecule has 0 aliphatic heterocycles. The molecule has 1 aromatic carbocycles. The van der Waals surface area contributed by atoms with Crippen molar-refractivity contribution < 1.29 is 4.79 Å². The molecule has 18 heavy (non-hydrogen) atoms. The van der Waals surface area contributed by atoms with Gasteiger partial charge in [-0.05, 0) is 43.9 Å². The summed E-state index contributed by atoms with van der Waals surface area (Å²) in [5.41, 5.74) is 6.41. The second kappa shape index (κ2) is 5.29. The Labute approximate surface area is 113 Å². The predicted molar refractivity (Wildman–Crippen MR) is 73.6 cm³/mol. The maximum atomic E-state index is 12.2. The Morgan fingerprint density at radius 3 is 2.56 bits per heavy atom. The molecule has 0 saturated heterocycles. The average molecular weight is 267 g/mol. The Hall–Kier alpha value is -1.06. The van der Waals surface area contributed by atoms with Crippen molar-refractivity contribution in [3.63, 3.8) is 0 Å². The number of benzene rings is 1. The molecule has 0 bridgehead atoms. The summed E-state index contributed by atoms with van der Waals surface area (Å²) in [4.78, 5) is 12.2. The zero-order valence-corrected chi connectivity index (χ0v) is 11.3. The molecule has 0 spiro atoms. The van der Waals surface area contributed by atoms with Crippen molar-refractivity contribution in [3.8, 4) is 0 Å². The number of carbonyl (C=O) groups excluding carboxylic acids is 1. The van der Waals surface area contributed by atoms with Gasteiger partial charge in [-0.3, -0.25) is 4.79 Å². The number of rotatable bonds is 5. The Kier molecular flexibility index (Phi) is 3.93. The van der Waals surface area contributed by atoms with Gasteiger partial charge in [0.1, 0.15) is 0 Å². The van der Waals surface area contributed by atoms with Crippen molar-refractivity contribution >= 4 is 17.5 Å². The fourth-order valence-electron chi connectivity index (χ4n) is 2.12. The largest absolute Gasteiger partial charge is 0.355 e. The minimum atomic E-state index is -0.317. The van der Waals surface area contributed by atoms with Gasteiger partial charge in [-0.1, -0.05) is 23.7 Å². The van der Waals surface area contributed by atoms with E-state index in [-0.39, 0.29) is 17.4 Å². The van der Waals surface area contributed by atoms with Gasteiger partial charge in [0.05, 0.1) is 5.41 Å². The number of nitrogens with two attached hydrogens (primary N) is 1. The van der Waals surface area contributed by atoms with E-state index in [1.807, 2.05) is 31.2 Å². The lowest BCUT2D eigenvalue weighted by molar-refractivity contribution is -0.123. The minimum absolute atomic E-state index is 0.116. The third kappa shape index (κ3) is 2.85. The highest BCUT2D eigenvalue weighted by Gasteiger charge is 2.50. The van der Waals surface area contributed by atoms with E-state index >= 15 is 0 Å². The highest BCUT2D eigenvalue weighted by Crippen LogP contribution is 2.48. The summed E-state index contributed by atoms with van der Waals surface area (Å²) in [5, 5.41) is 3.68. The SMILES string of the molecule is CC(N)CCNC(=O)C1(c2ccc(Cl)cc2)CC1. The molecule has 1 amide bonds. The molecule has 2 rings (SSSR count). The maximum Gasteiger partial charge on any atom is 0.230 e. The maximum absolute atomic E-state index is 12.2. The molecule has 3 N–H and O–H groups in total. The summed E-state index contributed by atoms with van der Waals surface area (Å²) in [7, 11) is 0. The normalized spacial score (nSPS) is 18.2. The number of amides is 1. The van der Waals surface area contributed by atoms with Crippen molar-refractivity contribution in [3.05, 3.63) is 34.9 Å². The van der Waals surface area contributed by atoms with Gasteiger partial charge in [-0.2, -0.15) is 0 Å². The molecular weight excluding hydrogens is 248 g/mol. The highest BCUT2D eigenvalue weighted by atomic mass is 35.5. The molecule has 4 heteroatoms. The summed E-state index contributed by atoms with van der Waals surface area (Å²) in [6, 6.07) is 7.69. The molecule has 0 radical (unpaired) electrons. The first-order valence-corrected chi connectivity index (χ1v) is 6.72. The van der Waals surface area contributed by atoms with Crippen molar-refractivity contribution in [1.29, 1.82) is 0 Å². The van der Waals surface area contributed by atoms with Crippen LogP contribution in [0.15, 0.2) is 24.3 Å². The van der Waals surface area contributed by atoms with Gasteiger partial charge in [0.15, 0.2) is 0 Å². The van der Waals surface area contributed by atoms with Gasteiger partial charge in [-0.15, -0.1) is 0 Å². The molecule has 1 aliphatic carbocycles. The standard InChI is InChI=1S/C14H19ClN2O/c1-10(16)6-9-17-13(18)14(7-8-14)11-2-4-12(15)5-3-11/h2-5,10H,6-9,16H2,1H3,(H,17,18). The molecule has 0 aromatic heterocycles. The van der Waals surface area contributed by atoms with Gasteiger partial charge in [0.25, 0.3) is 0 Å². The lowest BCUT2D eigenvalue weighted by Crippen LogP contribution is -2.36. The summed E-state index contributed by atoms with van der Waals surface area (Å²) in [6.45, 7) is 2.59. The van der Waals surface area contributed by atoms with Crippen LogP contribution in [-0.2, 0) is 10.2 Å². The molecule has 1 aromatic rings. The molecule has 1 unspecified atom stereocenters. The third-order valence-corrected chi connectivity index (χ3v) is 3.72. The van der Waals surface area contributed by atoms with E-state index in [1.54, 1.807) is 0 Å². The molecule has 3 nitrogen and oxygen atoms in total. The predicted octanol–water partition coefficient (Wildman–Crippen LogP) is 2.23. The molecule has 1 fully saturated rings. The molecule has 0 heterocycles. The smallest absolute Gasteiger partial charge is 0.230 e. The number of halogens is 1. The molecule has 98 valence electrons. The van der Waals surface area contributed by atoms with E-state index in [4.69, 9.17) is 17.3 Å². The van der Waals surface area contributed by atoms with Crippen LogP contribution >= 0.6 is 11.6 Å². The monoisotopic (exact) mass is 266 g/mol. The van der Waals surface area contributed by atoms with E-state index in [9.17, 15) is 4.79 Å². The first-order chi connectivity index (χ1) is 8.54. The first kappa shape index (κ1) is 13.4. The van der Waals surface area contributed by atoms with Crippen LogP contribution in [0.1, 0.15) is 31.7 Å². The van der Waals surface area contributed by atoms with Crippen molar-refractivity contribution in [2.24, 2.45) is 5.73 Å². The van der Waals surface area contributed by atoms with Crippen LogP contribution in [0, 0.1) is 0 Å². The molecule has 1 aliphatic rings. The number of hydrogen-bond acceptors (Lipinski definition) is 2. The van der Waals surface area contributed by atoms with Gasteiger partial charge in [-0.25, -0.2) is 0 Å². The van der Waals surface area contributed by atoms with Crippen LogP contribution in [0.5, 0.6) is 0 Å². The fraction of sp³-hybridized carbons (Fsp3) is 0.500. The molecule has 1 saturated carbocycles. The van der Waals surface area contributed by atoms with Gasteiger partial charge >= 0.3 is 0 Å². The van der Waals surface area contributed by atoms with E-state index < -0.39 is 0 Å². The second-order valence-electron chi connectivity index (χ2n) is 5.11. The van der Waals surface area contributed by atoms with E-state index in [2.05, 4.69) is 5.32 Å². The zero-order chi connectivity index (χ0) is 13.2. The number of hydrogen-bond donors (Lipinski definition) is 2. The highest BCUT2D eigenvalue weighted by molar-refractivity contribution is 6.30. The second-order valence-corrected chi connectivity index (χ2v) is 5.55. The van der Waals surface area contributed by atoms with Crippen LogP contribution in [-0.4, -0.2) is 18.5 Å². The van der Waals surface area contributed by atoms with E-state index in [0.29, 0.717) is 11.6 Å². The van der Waals surface area contributed by atoms with Crippen molar-refractivity contribution in [2.45, 2.75) is 37.6 Å². The van der Waals surface area contributed by atoms with Crippen LogP contribution < -0.4 is 11.1 Å². The molecule has 1 atom stereocenters. The Bertz CT molecular complexity index is 424. The van der Waals surface area contributed by atoms with Crippen molar-refractivity contribution in [1.82, 2.24) is 5.32 Å². The summed E-state index contributed by atoms with van der Waals surface area (Å²) in [5.74, 6) is 0.116. The quantitative estimate of drug-likeness (QED) is 0.859. The average Bonchev–Trinajstić information content (AvgIpc) is 3.10. The van der Waals surface area contributed by atoms with Gasteiger partial charge in [0, 0.05) is 17.6 Å². The zero-order valence-electron chi connectivity index (χ0n) is 10.6. The summed E-state index contributed by atoms with van der Waals surface area (Å²) < 4.78 is 0. The van der Waals surface area contributed by atoms with Gasteiger partial charge in [0.2, 0.25) is 5.91 Å². The summed E-state index contributed by atoms with van der Waals surface area (Å²) >= 11 is 5.87. The Morgan fingerprint density at radius 1 is 1.44 bits per heavy atom. The summed E-state index contributed by atoms with van der Waals surface area (Å²) in [6.07, 6.45) is 2.64. The molecular formula is C14H19ClN2O. The first-order valence-electron chi connectivity index (χ1n) is 6.34. The van der Waals surface area contributed by atoms with Crippen molar-refractivity contribution in [2.75, 3.05) is 6.54 Å². The lowest BCUT2D eigenvalue weighted by atomic mass is 9.95. The lowest BCUT2D eigenvalue weighted by Gasteiger charge is -2.16. The van der Waals surface area contributed by atoms with Gasteiger partial charge < -0.3 is 11.1 Å². The van der Waals surface area contributed by atoms with Crippen LogP contribution in [0.3, 0.4) is 0 Å². The number of nitrogens with one attached hydrogen (secondary N) is 1. The Balaban J connectivity index is 1.98. The fourth-order valence-corrected chi connectivity index (χ4v) is 2.25. The third-order valence-electron chi connectivity index (χ3n) is 3.47. The van der Waals surface area contributed by atoms with Crippen LogP contribution in [0.2, 0.25) is 5.02 Å². The number of carbonyl (C=O) groups is 1. The van der Waals surface area contributed by atoms with E-state index in [0.717, 1.165) is 24.8 Å². The Morgan fingerprint density at radius 2 is 2.06 bits per heavy atom. The minimum Gasteiger partial charge on any atom is -0.355 e. The van der Waals surface area contributed by atoms with Crippen LogP contribution in [0.25, 0.3) is 0 Å². The van der Waals surface area contributed by atoms with E-state index in [1.165, 1.54) is 0 Å².